The minimum atomic E-state index is -4.66. The largest absolute Gasteiger partial charge is 0.455 e. The topological polar surface area (TPSA) is 184 Å². The van der Waals surface area contributed by atoms with Crippen molar-refractivity contribution < 1.29 is 32.4 Å². The van der Waals surface area contributed by atoms with Crippen LogP contribution in [0.5, 0.6) is 11.5 Å². The highest BCUT2D eigenvalue weighted by Gasteiger charge is 2.33. The number of carbonyl (C=O) groups excluding carboxylic acids is 2. The molecule has 3 aromatic carbocycles. The molecule has 67 heavy (non-hydrogen) atoms. The van der Waals surface area contributed by atoms with Gasteiger partial charge in [0, 0.05) is 55.9 Å². The number of benzene rings is 3. The molecule has 0 radical (unpaired) electrons. The van der Waals surface area contributed by atoms with Gasteiger partial charge in [0.1, 0.15) is 29.1 Å². The summed E-state index contributed by atoms with van der Waals surface area (Å²) < 4.78 is 42.1. The Labute approximate surface area is 395 Å². The number of ether oxygens (including phenoxy) is 2. The van der Waals surface area contributed by atoms with Gasteiger partial charge in [0.05, 0.1) is 41.3 Å². The first-order valence-electron chi connectivity index (χ1n) is 22.2. The van der Waals surface area contributed by atoms with Gasteiger partial charge in [-0.25, -0.2) is 18.1 Å². The Morgan fingerprint density at radius 3 is 2.54 bits per heavy atom. The third-order valence-electron chi connectivity index (χ3n) is 12.6. The van der Waals surface area contributed by atoms with Crippen molar-refractivity contribution in [2.24, 2.45) is 5.41 Å². The Morgan fingerprint density at radius 1 is 1.03 bits per heavy atom. The number of rotatable bonds is 14. The Hall–Kier alpha value is -6.11. The highest BCUT2D eigenvalue weighted by molar-refractivity contribution is 7.90. The molecule has 3 aliphatic rings. The van der Waals surface area contributed by atoms with Crippen molar-refractivity contribution in [2.75, 3.05) is 71.9 Å². The van der Waals surface area contributed by atoms with E-state index in [0.717, 1.165) is 66.4 Å². The predicted octanol–water partition coefficient (Wildman–Crippen LogP) is 7.97. The molecule has 5 aromatic rings. The molecular formula is C49H55ClN8O8S. The zero-order valence-corrected chi connectivity index (χ0v) is 39.8. The van der Waals surface area contributed by atoms with Crippen LogP contribution in [0.1, 0.15) is 61.0 Å². The van der Waals surface area contributed by atoms with Gasteiger partial charge in [-0.1, -0.05) is 55.3 Å². The third kappa shape index (κ3) is 11.0. The zero-order chi connectivity index (χ0) is 47.6. The summed E-state index contributed by atoms with van der Waals surface area (Å²) in [5, 5.41) is 13.9. The summed E-state index contributed by atoms with van der Waals surface area (Å²) in [6.45, 7) is 7.94. The summed E-state index contributed by atoms with van der Waals surface area (Å²) in [7, 11) is 0.482. The monoisotopic (exact) mass is 950 g/mol. The number of morpholine rings is 1. The standard InChI is InChI=1S/C49H55ClN8O8S/c1-49(2)18-14-36(41(27-49)33-6-9-37(50)10-7-33)29-56-20-16-32(17-21-56)34-8-12-40(44(25-34)66-38-24-35-15-19-51-47(35)52-28-38)48(60)53-67(63,64)39-11-13-42(43(26-39)58(61)62)55(5)46-31-57(22-23-65-46)45(59)30-54(3)4/h6-13,15-16,19,24-26,28,46H,14,17-18,20-23,27,29-31H2,1-5H3,(H,51,52)(H,53,60). The summed E-state index contributed by atoms with van der Waals surface area (Å²) in [6.07, 6.45) is 8.58. The number of sulfonamides is 1. The first kappa shape index (κ1) is 47.4. The minimum absolute atomic E-state index is 0.0689. The van der Waals surface area contributed by atoms with Crippen molar-refractivity contribution >= 4 is 67.0 Å². The number of nitrogens with one attached hydrogen (secondary N) is 2. The van der Waals surface area contributed by atoms with Crippen molar-refractivity contribution in [1.82, 2.24) is 29.4 Å². The quantitative estimate of drug-likeness (QED) is 0.0810. The number of hydrogen-bond acceptors (Lipinski definition) is 12. The number of allylic oxidation sites excluding steroid dienone is 1. The van der Waals surface area contributed by atoms with Crippen molar-refractivity contribution in [3.8, 4) is 11.5 Å². The molecule has 0 saturated carbocycles. The van der Waals surface area contributed by atoms with Crippen LogP contribution < -0.4 is 14.4 Å². The molecule has 1 aliphatic carbocycles. The molecule has 2 amide bonds. The number of nitro groups is 1. The summed E-state index contributed by atoms with van der Waals surface area (Å²) in [5.74, 6) is -0.687. The number of aromatic nitrogens is 2. The number of fused-ring (bicyclic) bond motifs is 1. The van der Waals surface area contributed by atoms with Crippen LogP contribution in [-0.2, 0) is 19.6 Å². The van der Waals surface area contributed by atoms with E-state index in [-0.39, 0.29) is 48.0 Å². The number of anilines is 1. The van der Waals surface area contributed by atoms with Crippen LogP contribution in [0.15, 0.2) is 102 Å². The lowest BCUT2D eigenvalue weighted by Crippen LogP contribution is -2.53. The summed E-state index contributed by atoms with van der Waals surface area (Å²) in [4.78, 5) is 52.9. The number of H-pyrrole nitrogens is 1. The number of halogens is 1. The van der Waals surface area contributed by atoms with Gasteiger partial charge >= 0.3 is 0 Å². The van der Waals surface area contributed by atoms with Crippen molar-refractivity contribution in [2.45, 2.75) is 50.7 Å². The third-order valence-corrected chi connectivity index (χ3v) is 14.2. The lowest BCUT2D eigenvalue weighted by atomic mass is 9.72. The van der Waals surface area contributed by atoms with Crippen molar-refractivity contribution in [3.05, 3.63) is 129 Å². The number of nitrogens with zero attached hydrogens (tertiary/aromatic N) is 6. The van der Waals surface area contributed by atoms with Gasteiger partial charge < -0.3 is 29.2 Å². The number of likely N-dealkylation sites (N-methyl/N-ethyl adjacent to an activating group) is 2. The molecule has 16 nitrogen and oxygen atoms in total. The van der Waals surface area contributed by atoms with Crippen LogP contribution in [0.4, 0.5) is 11.4 Å². The van der Waals surface area contributed by atoms with Crippen LogP contribution in [-0.4, -0.2) is 123 Å². The van der Waals surface area contributed by atoms with E-state index in [4.69, 9.17) is 21.1 Å². The van der Waals surface area contributed by atoms with Crippen LogP contribution in [0, 0.1) is 15.5 Å². The molecule has 0 bridgehead atoms. The molecule has 1 fully saturated rings. The fourth-order valence-electron chi connectivity index (χ4n) is 8.92. The van der Waals surface area contributed by atoms with Gasteiger partial charge in [-0.3, -0.25) is 24.6 Å². The molecule has 18 heteroatoms. The highest BCUT2D eigenvalue weighted by Crippen LogP contribution is 2.44. The van der Waals surface area contributed by atoms with Crippen LogP contribution in [0.25, 0.3) is 22.2 Å². The fraction of sp³-hybridized carbons (Fsp3) is 0.367. The normalized spacial score (nSPS) is 17.9. The van der Waals surface area contributed by atoms with E-state index in [1.54, 1.807) is 55.3 Å². The minimum Gasteiger partial charge on any atom is -0.455 e. The number of aromatic amines is 1. The van der Waals surface area contributed by atoms with Crippen LogP contribution >= 0.6 is 11.6 Å². The van der Waals surface area contributed by atoms with E-state index < -0.39 is 37.7 Å². The molecule has 2 N–H and O–H groups in total. The number of pyridine rings is 1. The number of hydrogen-bond donors (Lipinski definition) is 2. The first-order valence-corrected chi connectivity index (χ1v) is 24.1. The van der Waals surface area contributed by atoms with Gasteiger partial charge in [-0.05, 0) is 116 Å². The van der Waals surface area contributed by atoms with E-state index >= 15 is 0 Å². The van der Waals surface area contributed by atoms with Gasteiger partial charge in [-0.2, -0.15) is 0 Å². The molecule has 8 rings (SSSR count). The first-order chi connectivity index (χ1) is 31.9. The molecule has 2 aliphatic heterocycles. The van der Waals surface area contributed by atoms with Crippen molar-refractivity contribution in [1.29, 1.82) is 0 Å². The Morgan fingerprint density at radius 2 is 1.81 bits per heavy atom. The summed E-state index contributed by atoms with van der Waals surface area (Å²) >= 11 is 6.25. The lowest BCUT2D eigenvalue weighted by molar-refractivity contribution is -0.384. The molecule has 2 aromatic heterocycles. The molecular weight excluding hydrogens is 896 g/mol. The summed E-state index contributed by atoms with van der Waals surface area (Å²) in [6, 6.07) is 20.1. The number of nitro benzene ring substituents is 1. The van der Waals surface area contributed by atoms with Crippen LogP contribution in [0.3, 0.4) is 0 Å². The Kier molecular flexibility index (Phi) is 13.9. The molecule has 0 spiro atoms. The van der Waals surface area contributed by atoms with Crippen LogP contribution in [0.2, 0.25) is 5.02 Å². The molecule has 4 heterocycles. The Balaban J connectivity index is 1.03. The highest BCUT2D eigenvalue weighted by atomic mass is 35.5. The maximum atomic E-state index is 14.1. The SMILES string of the molecule is CN(C)CC(=O)N1CCOC(N(C)c2ccc(S(=O)(=O)NC(=O)c3ccc(C4=CCN(CC5=C(c6ccc(Cl)cc6)CC(C)(C)CC5)CC4)cc3Oc3cnc4[nH]ccc4c3)cc2[N+](=O)[O-])C1. The lowest BCUT2D eigenvalue weighted by Gasteiger charge is -2.38. The number of amides is 2. The predicted molar refractivity (Wildman–Crippen MR) is 259 cm³/mol. The molecule has 1 saturated heterocycles. The maximum absolute atomic E-state index is 14.1. The van der Waals surface area contributed by atoms with Gasteiger partial charge in [0.15, 0.2) is 0 Å². The fourth-order valence-corrected chi connectivity index (χ4v) is 10.0. The zero-order valence-electron chi connectivity index (χ0n) is 38.3. The van der Waals surface area contributed by atoms with Gasteiger partial charge in [-0.15, -0.1) is 0 Å². The Bertz CT molecular complexity index is 2880. The second-order valence-corrected chi connectivity index (χ2v) is 20.5. The second kappa shape index (κ2) is 19.6. The van der Waals surface area contributed by atoms with E-state index in [9.17, 15) is 28.1 Å². The van der Waals surface area contributed by atoms with E-state index in [2.05, 4.69) is 51.6 Å². The smallest absolute Gasteiger partial charge is 0.293 e. The van der Waals surface area contributed by atoms with Gasteiger partial charge in [0.2, 0.25) is 5.91 Å². The molecule has 1 unspecified atom stereocenters. The average Bonchev–Trinajstić information content (AvgIpc) is 3.77. The van der Waals surface area contributed by atoms with Crippen molar-refractivity contribution in [3.63, 3.8) is 0 Å². The van der Waals surface area contributed by atoms with E-state index in [1.165, 1.54) is 46.0 Å². The average molecular weight is 952 g/mol. The second-order valence-electron chi connectivity index (χ2n) is 18.4. The molecule has 352 valence electrons. The van der Waals surface area contributed by atoms with E-state index in [1.807, 2.05) is 18.2 Å². The summed E-state index contributed by atoms with van der Waals surface area (Å²) in [5.41, 5.74) is 6.24. The number of carbonyl (C=O) groups is 2. The van der Waals surface area contributed by atoms with Gasteiger partial charge in [0.25, 0.3) is 21.6 Å². The van der Waals surface area contributed by atoms with E-state index in [0.29, 0.717) is 24.5 Å². The molecule has 1 atom stereocenters. The maximum Gasteiger partial charge on any atom is 0.293 e.